The number of fused-ring (bicyclic) bond motifs is 3. The molecule has 160 valence electrons. The lowest BCUT2D eigenvalue weighted by atomic mass is 10.0. The monoisotopic (exact) mass is 410 g/mol. The van der Waals surface area contributed by atoms with Gasteiger partial charge in [-0.2, -0.15) is 0 Å². The summed E-state index contributed by atoms with van der Waals surface area (Å²) in [5.41, 5.74) is 15.8. The molecule has 30 heavy (non-hydrogen) atoms. The number of nitrogens with two attached hydrogens (primary N) is 2. The van der Waals surface area contributed by atoms with Crippen molar-refractivity contribution in [3.8, 4) is 0 Å². The third kappa shape index (κ3) is 4.23. The van der Waals surface area contributed by atoms with Gasteiger partial charge >= 0.3 is 0 Å². The molecule has 2 aliphatic heterocycles. The third-order valence-electron chi connectivity index (χ3n) is 5.88. The Morgan fingerprint density at radius 3 is 2.77 bits per heavy atom. The van der Waals surface area contributed by atoms with Gasteiger partial charge in [-0.05, 0) is 30.5 Å². The summed E-state index contributed by atoms with van der Waals surface area (Å²) in [7, 11) is 1.53. The van der Waals surface area contributed by atoms with E-state index < -0.39 is 0 Å². The van der Waals surface area contributed by atoms with Gasteiger partial charge in [-0.15, -0.1) is 0 Å². The van der Waals surface area contributed by atoms with Crippen molar-refractivity contribution in [1.82, 2.24) is 14.8 Å². The molecule has 0 unspecified atom stereocenters. The highest BCUT2D eigenvalue weighted by Crippen LogP contribution is 2.28. The largest absolute Gasteiger partial charge is 0.483 e. The second-order valence-electron chi connectivity index (χ2n) is 7.85. The first-order chi connectivity index (χ1) is 14.5. The van der Waals surface area contributed by atoms with Crippen LogP contribution in [0.5, 0.6) is 0 Å². The van der Waals surface area contributed by atoms with Gasteiger partial charge in [0.15, 0.2) is 5.88 Å². The van der Waals surface area contributed by atoms with E-state index in [1.54, 1.807) is 12.2 Å². The Bertz CT molecular complexity index is 1030. The van der Waals surface area contributed by atoms with E-state index in [4.69, 9.17) is 16.2 Å². The van der Waals surface area contributed by atoms with Gasteiger partial charge in [-0.1, -0.05) is 12.1 Å². The number of benzene rings is 1. The maximum atomic E-state index is 12.4. The Morgan fingerprint density at radius 1 is 1.20 bits per heavy atom. The lowest BCUT2D eigenvalue weighted by molar-refractivity contribution is 0.152. The number of anilines is 1. The highest BCUT2D eigenvalue weighted by Gasteiger charge is 2.19. The van der Waals surface area contributed by atoms with Crippen molar-refractivity contribution in [3.05, 3.63) is 63.5 Å². The fraction of sp³-hybridized carbons (Fsp3) is 0.409. The van der Waals surface area contributed by atoms with Crippen LogP contribution >= 0.6 is 0 Å². The van der Waals surface area contributed by atoms with Crippen molar-refractivity contribution >= 4 is 16.6 Å². The molecule has 8 heteroatoms. The number of aromatic nitrogens is 1. The van der Waals surface area contributed by atoms with Gasteiger partial charge in [0, 0.05) is 56.3 Å². The van der Waals surface area contributed by atoms with Crippen LogP contribution < -0.4 is 22.3 Å². The van der Waals surface area contributed by atoms with Crippen LogP contribution in [0, 0.1) is 0 Å². The minimum Gasteiger partial charge on any atom is -0.483 e. The van der Waals surface area contributed by atoms with E-state index in [1.807, 2.05) is 0 Å². The molecule has 0 saturated carbocycles. The van der Waals surface area contributed by atoms with Gasteiger partial charge in [0.05, 0.1) is 24.1 Å². The van der Waals surface area contributed by atoms with Crippen LogP contribution in [0.1, 0.15) is 17.5 Å². The second kappa shape index (κ2) is 8.71. The number of H-pyrrole nitrogens is 1. The Hall–Kier alpha value is -3.13. The fourth-order valence-electron chi connectivity index (χ4n) is 4.17. The highest BCUT2D eigenvalue weighted by molar-refractivity contribution is 5.93. The lowest BCUT2D eigenvalue weighted by Crippen LogP contribution is -2.46. The van der Waals surface area contributed by atoms with Crippen molar-refractivity contribution in [2.75, 3.05) is 45.2 Å². The molecule has 1 aromatic heterocycles. The van der Waals surface area contributed by atoms with E-state index in [0.717, 1.165) is 74.3 Å². The van der Waals surface area contributed by atoms with Crippen LogP contribution in [0.2, 0.25) is 0 Å². The molecule has 6 N–H and O–H groups in total. The Morgan fingerprint density at radius 2 is 2.00 bits per heavy atom. The number of aromatic amines is 1. The number of hydrogen-bond donors (Lipinski definition) is 4. The van der Waals surface area contributed by atoms with Crippen molar-refractivity contribution in [2.24, 2.45) is 11.5 Å². The number of piperazine rings is 1. The van der Waals surface area contributed by atoms with E-state index in [0.29, 0.717) is 11.7 Å². The van der Waals surface area contributed by atoms with E-state index >= 15 is 0 Å². The Labute approximate surface area is 176 Å². The van der Waals surface area contributed by atoms with Crippen molar-refractivity contribution in [1.29, 1.82) is 0 Å². The minimum atomic E-state index is 0.0286. The van der Waals surface area contributed by atoms with Gasteiger partial charge in [0.1, 0.15) is 0 Å². The molecule has 4 rings (SSSR count). The zero-order chi connectivity index (χ0) is 21.1. The predicted molar refractivity (Wildman–Crippen MR) is 120 cm³/mol. The molecule has 0 atom stereocenters. The summed E-state index contributed by atoms with van der Waals surface area (Å²) in [6.07, 6.45) is 5.29. The maximum Gasteiger partial charge on any atom is 0.253 e. The standard InChI is InChI=1S/C22H30N6O2/c1-30-20(24)7-6-19(23)28-11-9-27(10-12-28)14-15-4-5-16-18(13-15)26-22(29)17-3-2-8-25-21(16)17/h4-7,13,25H,2-3,8-12,14,23-24H2,1H3,(H,26,29)/b19-6+,20-7+. The molecule has 1 aromatic carbocycles. The number of rotatable bonds is 5. The van der Waals surface area contributed by atoms with E-state index in [9.17, 15) is 4.79 Å². The molecule has 2 aromatic rings. The zero-order valence-electron chi connectivity index (χ0n) is 17.4. The number of pyridine rings is 1. The van der Waals surface area contributed by atoms with E-state index in [-0.39, 0.29) is 5.56 Å². The van der Waals surface area contributed by atoms with E-state index in [1.165, 1.54) is 12.7 Å². The molecule has 2 aliphatic rings. The van der Waals surface area contributed by atoms with Gasteiger partial charge in [-0.3, -0.25) is 9.69 Å². The molecule has 1 saturated heterocycles. The van der Waals surface area contributed by atoms with Crippen LogP contribution in [-0.4, -0.2) is 54.6 Å². The molecule has 0 bridgehead atoms. The summed E-state index contributed by atoms with van der Waals surface area (Å²) in [5, 5.41) is 4.51. The molecule has 1 fully saturated rings. The van der Waals surface area contributed by atoms with Gasteiger partial charge in [0.25, 0.3) is 5.56 Å². The first-order valence-electron chi connectivity index (χ1n) is 10.4. The highest BCUT2D eigenvalue weighted by atomic mass is 16.5. The minimum absolute atomic E-state index is 0.0286. The second-order valence-corrected chi connectivity index (χ2v) is 7.85. The topological polar surface area (TPSA) is 113 Å². The van der Waals surface area contributed by atoms with Crippen molar-refractivity contribution in [2.45, 2.75) is 19.4 Å². The summed E-state index contributed by atoms with van der Waals surface area (Å²) in [4.78, 5) is 20.1. The predicted octanol–water partition coefficient (Wildman–Crippen LogP) is 1.25. The molecular formula is C22H30N6O2. The molecule has 0 radical (unpaired) electrons. The smallest absolute Gasteiger partial charge is 0.253 e. The number of methoxy groups -OCH3 is 1. The number of nitrogens with zero attached hydrogens (tertiary/aromatic N) is 2. The van der Waals surface area contributed by atoms with Crippen LogP contribution in [0.3, 0.4) is 0 Å². The van der Waals surface area contributed by atoms with Gasteiger partial charge in [0.2, 0.25) is 0 Å². The van der Waals surface area contributed by atoms with Crippen LogP contribution in [0.15, 0.2) is 46.8 Å². The molecule has 3 heterocycles. The molecular weight excluding hydrogens is 380 g/mol. The molecule has 8 nitrogen and oxygen atoms in total. The summed E-state index contributed by atoms with van der Waals surface area (Å²) < 4.78 is 4.93. The third-order valence-corrected chi connectivity index (χ3v) is 5.88. The van der Waals surface area contributed by atoms with Gasteiger partial charge in [-0.25, -0.2) is 0 Å². The molecule has 0 spiro atoms. The quantitative estimate of drug-likeness (QED) is 0.433. The zero-order valence-corrected chi connectivity index (χ0v) is 17.4. The average Bonchev–Trinajstić information content (AvgIpc) is 2.77. The summed E-state index contributed by atoms with van der Waals surface area (Å²) in [6, 6.07) is 6.39. The first-order valence-corrected chi connectivity index (χ1v) is 10.4. The molecule has 0 aliphatic carbocycles. The van der Waals surface area contributed by atoms with Crippen molar-refractivity contribution < 1.29 is 4.74 Å². The lowest BCUT2D eigenvalue weighted by Gasteiger charge is -2.36. The number of hydrogen-bond acceptors (Lipinski definition) is 7. The normalized spacial score (nSPS) is 18.2. The van der Waals surface area contributed by atoms with Crippen LogP contribution in [0.25, 0.3) is 10.9 Å². The SMILES string of the molecule is CO/C(N)=C/C=C(\N)N1CCN(Cc2ccc3c4c(c(=O)[nH]c3c2)CCCN4)CC1. The first kappa shape index (κ1) is 20.2. The van der Waals surface area contributed by atoms with Crippen molar-refractivity contribution in [3.63, 3.8) is 0 Å². The number of ether oxygens (including phenoxy) is 1. The summed E-state index contributed by atoms with van der Waals surface area (Å²) >= 11 is 0. The van der Waals surface area contributed by atoms with Gasteiger partial charge < -0.3 is 31.4 Å². The Kier molecular flexibility index (Phi) is 5.85. The fourth-order valence-corrected chi connectivity index (χ4v) is 4.17. The summed E-state index contributed by atoms with van der Waals surface area (Å²) in [5.74, 6) is 1.03. The number of nitrogens with one attached hydrogen (secondary N) is 2. The van der Waals surface area contributed by atoms with E-state index in [2.05, 4.69) is 38.3 Å². The van der Waals surface area contributed by atoms with Crippen LogP contribution in [-0.2, 0) is 17.7 Å². The summed E-state index contributed by atoms with van der Waals surface area (Å²) in [6.45, 7) is 5.30. The van der Waals surface area contributed by atoms with Crippen LogP contribution in [0.4, 0.5) is 5.69 Å². The Balaban J connectivity index is 1.43. The number of allylic oxidation sites excluding steroid dienone is 2. The average molecular weight is 411 g/mol. The maximum absolute atomic E-state index is 12.4. The molecule has 0 amide bonds.